The molecule has 0 spiro atoms. The van der Waals surface area contributed by atoms with Crippen LogP contribution in [-0.4, -0.2) is 12.6 Å². The minimum absolute atomic E-state index is 0.120. The van der Waals surface area contributed by atoms with Crippen LogP contribution in [0, 0.1) is 0 Å². The second-order valence-corrected chi connectivity index (χ2v) is 2.80. The van der Waals surface area contributed by atoms with Crippen LogP contribution in [0.2, 0.25) is 0 Å². The predicted octanol–water partition coefficient (Wildman–Crippen LogP) is 1.68. The maximum absolute atomic E-state index is 7.93. The molecule has 36 valence electrons. The van der Waals surface area contributed by atoms with Crippen molar-refractivity contribution in [3.63, 3.8) is 0 Å². The fourth-order valence-corrected chi connectivity index (χ4v) is 0.150. The molecule has 5 heteroatoms. The van der Waals surface area contributed by atoms with Crippen LogP contribution in [0.1, 0.15) is 0 Å². The van der Waals surface area contributed by atoms with Crippen LogP contribution in [-0.2, 0) is 0 Å². The first-order valence-corrected chi connectivity index (χ1v) is 2.93. The number of hydrogen-bond acceptors (Lipinski definition) is 5. The van der Waals surface area contributed by atoms with E-state index in [-0.39, 0.29) is 3.53 Å². The zero-order chi connectivity index (χ0) is 4.99. The molecule has 0 aromatic heterocycles. The average molecular weight is 142 g/mol. The Bertz CT molecular complexity index is 46.8. The van der Waals surface area contributed by atoms with Crippen LogP contribution in [0.5, 0.6) is 0 Å². The molecule has 0 amide bonds. The highest BCUT2D eigenvalue weighted by atomic mass is 32.2. The van der Waals surface area contributed by atoms with Crippen LogP contribution < -0.4 is 0 Å². The molecule has 0 radical (unpaired) electrons. The highest BCUT2D eigenvalue weighted by molar-refractivity contribution is 8.43. The number of hydrogen-bond donors (Lipinski definition) is 2. The molecule has 0 atom stereocenters. The molecular weight excluding hydrogens is 140 g/mol. The quantitative estimate of drug-likeness (QED) is 0.398. The smallest absolute Gasteiger partial charge is 0.158 e. The van der Waals surface area contributed by atoms with Gasteiger partial charge in [0.1, 0.15) is 0 Å². The molecule has 2 nitrogen and oxygen atoms in total. The fraction of sp³-hybridized carbons (Fsp3) is 0. The van der Waals surface area contributed by atoms with Gasteiger partial charge in [0.25, 0.3) is 0 Å². The molecule has 0 heterocycles. The highest BCUT2D eigenvalue weighted by Gasteiger charge is 1.88. The molecule has 6 heavy (non-hydrogen) atoms. The van der Waals surface area contributed by atoms with Crippen LogP contribution in [0.4, 0.5) is 0 Å². The van der Waals surface area contributed by atoms with Gasteiger partial charge in [-0.05, 0) is 0 Å². The van der Waals surface area contributed by atoms with Crippen molar-refractivity contribution in [3.8, 4) is 0 Å². The third-order valence-corrected chi connectivity index (χ3v) is 1.34. The lowest BCUT2D eigenvalue weighted by atomic mass is 11.9. The van der Waals surface area contributed by atoms with Gasteiger partial charge in [-0.2, -0.15) is 0 Å². The topological polar surface area (TPSA) is 40.5 Å². The van der Waals surface area contributed by atoms with Gasteiger partial charge in [-0.25, -0.2) is 0 Å². The van der Waals surface area contributed by atoms with Gasteiger partial charge in [0.2, 0.25) is 0 Å². The minimum atomic E-state index is 0.120. The van der Waals surface area contributed by atoms with E-state index in [1.54, 1.807) is 0 Å². The summed E-state index contributed by atoms with van der Waals surface area (Å²) >= 11 is 5.02. The van der Waals surface area contributed by atoms with Gasteiger partial charge in [0.05, 0.1) is 0 Å². The maximum Gasteiger partial charge on any atom is 0.158 e. The maximum atomic E-state index is 7.93. The molecule has 0 rings (SSSR count). The van der Waals surface area contributed by atoms with Crippen LogP contribution in [0.25, 0.3) is 0 Å². The van der Waals surface area contributed by atoms with Gasteiger partial charge < -0.3 is 9.11 Å². The standard InChI is InChI=1S/CH2O2S3/c2-5-1(4)6-3/h2-3H. The molecule has 0 saturated heterocycles. The monoisotopic (exact) mass is 142 g/mol. The van der Waals surface area contributed by atoms with E-state index < -0.39 is 0 Å². The van der Waals surface area contributed by atoms with Crippen LogP contribution in [0.15, 0.2) is 0 Å². The SMILES string of the molecule is OSC(=S)SO. The van der Waals surface area contributed by atoms with Crippen molar-refractivity contribution in [2.75, 3.05) is 0 Å². The Morgan fingerprint density at radius 2 is 1.67 bits per heavy atom. The Hall–Kier alpha value is 0.710. The zero-order valence-corrected chi connectivity index (χ0v) is 5.07. The molecule has 0 fully saturated rings. The van der Waals surface area contributed by atoms with Gasteiger partial charge in [-0.15, -0.1) is 0 Å². The first-order chi connectivity index (χ1) is 2.81. The van der Waals surface area contributed by atoms with E-state index in [2.05, 4.69) is 12.2 Å². The Labute approximate surface area is 49.4 Å². The summed E-state index contributed by atoms with van der Waals surface area (Å²) in [6, 6.07) is 0. The number of thiocarbonyl (C=S) groups is 1. The Morgan fingerprint density at radius 3 is 1.67 bits per heavy atom. The van der Waals surface area contributed by atoms with Gasteiger partial charge in [0.15, 0.2) is 3.53 Å². The van der Waals surface area contributed by atoms with Crippen molar-refractivity contribution in [2.45, 2.75) is 0 Å². The minimum Gasteiger partial charge on any atom is -0.324 e. The average Bonchev–Trinajstić information content (AvgIpc) is 1.65. The molecule has 0 aliphatic rings. The van der Waals surface area contributed by atoms with E-state index in [0.29, 0.717) is 24.1 Å². The molecule has 0 aliphatic heterocycles. The summed E-state index contributed by atoms with van der Waals surface area (Å²) in [5, 5.41) is 0. The number of rotatable bonds is 0. The highest BCUT2D eigenvalue weighted by Crippen LogP contribution is 2.07. The van der Waals surface area contributed by atoms with Crippen molar-refractivity contribution in [2.24, 2.45) is 0 Å². The molecule has 0 aliphatic carbocycles. The predicted molar refractivity (Wildman–Crippen MR) is 33.0 cm³/mol. The van der Waals surface area contributed by atoms with E-state index in [1.165, 1.54) is 0 Å². The molecule has 0 aromatic rings. The first kappa shape index (κ1) is 6.71. The Balaban J connectivity index is 2.99. The van der Waals surface area contributed by atoms with Gasteiger partial charge >= 0.3 is 0 Å². The molecule has 2 N–H and O–H groups in total. The first-order valence-electron chi connectivity index (χ1n) is 0.978. The van der Waals surface area contributed by atoms with Crippen LogP contribution in [0.3, 0.4) is 0 Å². The largest absolute Gasteiger partial charge is 0.324 e. The van der Waals surface area contributed by atoms with E-state index in [1.807, 2.05) is 0 Å². The van der Waals surface area contributed by atoms with Crippen molar-refractivity contribution in [1.82, 2.24) is 0 Å². The zero-order valence-electron chi connectivity index (χ0n) is 2.62. The van der Waals surface area contributed by atoms with E-state index in [0.717, 1.165) is 0 Å². The summed E-state index contributed by atoms with van der Waals surface area (Å²) in [5.41, 5.74) is 0. The second-order valence-electron chi connectivity index (χ2n) is 0.433. The summed E-state index contributed by atoms with van der Waals surface area (Å²) in [6.07, 6.45) is 0. The molecule has 0 bridgehead atoms. The van der Waals surface area contributed by atoms with Crippen molar-refractivity contribution >= 4 is 39.8 Å². The third kappa shape index (κ3) is 2.92. The second kappa shape index (κ2) is 3.89. The van der Waals surface area contributed by atoms with E-state index in [9.17, 15) is 0 Å². The lowest BCUT2D eigenvalue weighted by Gasteiger charge is -1.81. The lowest BCUT2D eigenvalue weighted by Crippen LogP contribution is -1.70. The van der Waals surface area contributed by atoms with Crippen LogP contribution >= 0.6 is 36.3 Å². The summed E-state index contributed by atoms with van der Waals surface area (Å²) in [7, 11) is 0. The van der Waals surface area contributed by atoms with Crippen molar-refractivity contribution in [3.05, 3.63) is 0 Å². The van der Waals surface area contributed by atoms with Crippen molar-refractivity contribution in [1.29, 1.82) is 0 Å². The Kier molecular flexibility index (Phi) is 4.34. The fourth-order valence-electron chi connectivity index (χ4n) is 0.0167. The molecular formula is CH2O2S3. The van der Waals surface area contributed by atoms with E-state index >= 15 is 0 Å². The summed E-state index contributed by atoms with van der Waals surface area (Å²) < 4.78 is 16.0. The van der Waals surface area contributed by atoms with Gasteiger partial charge in [-0.1, -0.05) is 12.2 Å². The third-order valence-electron chi connectivity index (χ3n) is 0.149. The van der Waals surface area contributed by atoms with Gasteiger partial charge in [-0.3, -0.25) is 0 Å². The molecule has 0 aromatic carbocycles. The summed E-state index contributed by atoms with van der Waals surface area (Å²) in [5.74, 6) is 0. The molecule has 0 unspecified atom stereocenters. The molecule has 0 saturated carbocycles. The van der Waals surface area contributed by atoms with Crippen molar-refractivity contribution < 1.29 is 9.11 Å². The lowest BCUT2D eigenvalue weighted by molar-refractivity contribution is 0.670. The summed E-state index contributed by atoms with van der Waals surface area (Å²) in [6.45, 7) is 0. The van der Waals surface area contributed by atoms with Gasteiger partial charge in [0, 0.05) is 24.1 Å². The van der Waals surface area contributed by atoms with E-state index in [4.69, 9.17) is 9.11 Å². The summed E-state index contributed by atoms with van der Waals surface area (Å²) in [4.78, 5) is 0. The normalized spacial score (nSPS) is 8.33. The Morgan fingerprint density at radius 1 is 1.33 bits per heavy atom.